The van der Waals surface area contributed by atoms with Gasteiger partial charge in [-0.05, 0) is 31.4 Å². The highest BCUT2D eigenvalue weighted by molar-refractivity contribution is 7.16. The van der Waals surface area contributed by atoms with Crippen LogP contribution in [-0.4, -0.2) is 17.0 Å². The Morgan fingerprint density at radius 2 is 2.12 bits per heavy atom. The third-order valence-corrected chi connectivity index (χ3v) is 5.20. The van der Waals surface area contributed by atoms with Crippen molar-refractivity contribution in [1.29, 1.82) is 5.26 Å². The van der Waals surface area contributed by atoms with Crippen LogP contribution in [0.5, 0.6) is 0 Å². The molecule has 7 heteroatoms. The van der Waals surface area contributed by atoms with E-state index in [1.165, 1.54) is 29.5 Å². The van der Waals surface area contributed by atoms with Gasteiger partial charge < -0.3 is 10.4 Å². The van der Waals surface area contributed by atoms with Crippen LogP contribution in [0.15, 0.2) is 24.3 Å². The Morgan fingerprint density at radius 1 is 1.38 bits per heavy atom. The van der Waals surface area contributed by atoms with Crippen LogP contribution in [-0.2, 0) is 11.2 Å². The summed E-state index contributed by atoms with van der Waals surface area (Å²) in [5, 5.41) is 21.6. The first kappa shape index (κ1) is 16.1. The molecule has 0 spiro atoms. The molecule has 1 unspecified atom stereocenters. The molecule has 5 nitrogen and oxygen atoms in total. The Balaban J connectivity index is 1.98. The quantitative estimate of drug-likeness (QED) is 0.891. The van der Waals surface area contributed by atoms with Crippen LogP contribution in [0.4, 0.5) is 9.39 Å². The number of benzene rings is 1. The number of nitriles is 1. The number of carboxylic acid groups (broad SMARTS) is 1. The number of carbonyl (C=O) groups is 2. The second kappa shape index (κ2) is 6.42. The summed E-state index contributed by atoms with van der Waals surface area (Å²) >= 11 is 1.20. The smallest absolute Gasteiger partial charge is 0.311 e. The van der Waals surface area contributed by atoms with Gasteiger partial charge in [-0.2, -0.15) is 5.26 Å². The van der Waals surface area contributed by atoms with Gasteiger partial charge in [0.15, 0.2) is 0 Å². The second-order valence-electron chi connectivity index (χ2n) is 5.47. The number of nitrogens with one attached hydrogen (secondary N) is 1. The summed E-state index contributed by atoms with van der Waals surface area (Å²) in [5.74, 6) is -3.02. The van der Waals surface area contributed by atoms with E-state index in [1.807, 2.05) is 6.07 Å². The lowest BCUT2D eigenvalue weighted by molar-refractivity contribution is -0.139. The highest BCUT2D eigenvalue weighted by atomic mass is 32.1. The molecule has 0 aliphatic heterocycles. The lowest BCUT2D eigenvalue weighted by atomic mass is 9.85. The van der Waals surface area contributed by atoms with Crippen molar-refractivity contribution in [3.63, 3.8) is 0 Å². The lowest BCUT2D eigenvalue weighted by Gasteiger charge is -2.18. The van der Waals surface area contributed by atoms with Crippen LogP contribution in [0.2, 0.25) is 0 Å². The molecular formula is C17H13FN2O3S. The molecule has 1 atom stereocenters. The molecule has 122 valence electrons. The van der Waals surface area contributed by atoms with Crippen molar-refractivity contribution in [3.05, 3.63) is 51.7 Å². The van der Waals surface area contributed by atoms with E-state index >= 15 is 0 Å². The van der Waals surface area contributed by atoms with Crippen molar-refractivity contribution in [1.82, 2.24) is 0 Å². The molecule has 1 aliphatic carbocycles. The number of nitrogens with zero attached hydrogens (tertiary/aromatic N) is 1. The first-order valence-corrected chi connectivity index (χ1v) is 8.19. The number of carboxylic acids is 1. The fourth-order valence-corrected chi connectivity index (χ4v) is 4.17. The molecule has 1 amide bonds. The first-order valence-electron chi connectivity index (χ1n) is 7.37. The van der Waals surface area contributed by atoms with Gasteiger partial charge in [0.05, 0.1) is 17.0 Å². The number of aryl methyl sites for hydroxylation is 1. The maximum atomic E-state index is 13.7. The number of aliphatic carboxylic acids is 1. The van der Waals surface area contributed by atoms with Gasteiger partial charge >= 0.3 is 5.97 Å². The Labute approximate surface area is 141 Å². The summed E-state index contributed by atoms with van der Waals surface area (Å²) in [6.45, 7) is 0. The summed E-state index contributed by atoms with van der Waals surface area (Å²) in [7, 11) is 0. The summed E-state index contributed by atoms with van der Waals surface area (Å²) in [6, 6.07) is 7.56. The van der Waals surface area contributed by atoms with Crippen molar-refractivity contribution in [2.24, 2.45) is 0 Å². The number of thiophene rings is 1. The van der Waals surface area contributed by atoms with E-state index in [2.05, 4.69) is 5.32 Å². The van der Waals surface area contributed by atoms with Gasteiger partial charge in [-0.15, -0.1) is 11.3 Å². The number of hydrogen-bond donors (Lipinski definition) is 2. The summed E-state index contributed by atoms with van der Waals surface area (Å²) in [4.78, 5) is 24.5. The monoisotopic (exact) mass is 344 g/mol. The zero-order valence-electron chi connectivity index (χ0n) is 12.5. The van der Waals surface area contributed by atoms with Crippen LogP contribution in [0.25, 0.3) is 0 Å². The number of carbonyl (C=O) groups excluding carboxylic acids is 1. The average molecular weight is 344 g/mol. The van der Waals surface area contributed by atoms with Crippen LogP contribution < -0.4 is 5.32 Å². The standard InChI is InChI=1S/C17H13FN2O3S/c18-12-6-2-1-4-9(12)15(21)20-16-11(8-19)14-10(17(22)23)5-3-7-13(14)24-16/h1-2,4,6,10H,3,5,7H2,(H,20,21)(H,22,23). The van der Waals surface area contributed by atoms with E-state index in [1.54, 1.807) is 6.07 Å². The van der Waals surface area contributed by atoms with E-state index in [-0.39, 0.29) is 16.1 Å². The number of fused-ring (bicyclic) bond motifs is 1. The second-order valence-corrected chi connectivity index (χ2v) is 6.58. The summed E-state index contributed by atoms with van der Waals surface area (Å²) in [6.07, 6.45) is 1.86. The normalized spacial score (nSPS) is 16.1. The largest absolute Gasteiger partial charge is 0.481 e. The molecule has 2 aromatic rings. The van der Waals surface area contributed by atoms with Crippen molar-refractivity contribution in [2.45, 2.75) is 25.2 Å². The molecular weight excluding hydrogens is 331 g/mol. The fraction of sp³-hybridized carbons (Fsp3) is 0.235. The van der Waals surface area contributed by atoms with Gasteiger partial charge in [0.2, 0.25) is 0 Å². The minimum absolute atomic E-state index is 0.123. The lowest BCUT2D eigenvalue weighted by Crippen LogP contribution is -2.18. The van der Waals surface area contributed by atoms with Gasteiger partial charge in [-0.1, -0.05) is 12.1 Å². The molecule has 0 bridgehead atoms. The zero-order chi connectivity index (χ0) is 17.3. The van der Waals surface area contributed by atoms with Crippen LogP contribution in [0.1, 0.15) is 45.1 Å². The van der Waals surface area contributed by atoms with Crippen molar-refractivity contribution >= 4 is 28.2 Å². The van der Waals surface area contributed by atoms with Gasteiger partial charge in [0.25, 0.3) is 5.91 Å². The van der Waals surface area contributed by atoms with Crippen LogP contribution in [0, 0.1) is 17.1 Å². The van der Waals surface area contributed by atoms with Gasteiger partial charge in [-0.3, -0.25) is 9.59 Å². The molecule has 0 saturated carbocycles. The molecule has 24 heavy (non-hydrogen) atoms. The number of anilines is 1. The third kappa shape index (κ3) is 2.76. The Bertz CT molecular complexity index is 869. The van der Waals surface area contributed by atoms with E-state index in [0.29, 0.717) is 18.4 Å². The van der Waals surface area contributed by atoms with Crippen molar-refractivity contribution in [2.75, 3.05) is 5.32 Å². The maximum Gasteiger partial charge on any atom is 0.311 e. The summed E-state index contributed by atoms with van der Waals surface area (Å²) < 4.78 is 13.7. The fourth-order valence-electron chi connectivity index (χ4n) is 2.92. The predicted octanol–water partition coefficient (Wildman–Crippen LogP) is 3.52. The zero-order valence-corrected chi connectivity index (χ0v) is 13.3. The Hall–Kier alpha value is -2.72. The predicted molar refractivity (Wildman–Crippen MR) is 86.7 cm³/mol. The van der Waals surface area contributed by atoms with E-state index < -0.39 is 23.6 Å². The average Bonchev–Trinajstić information content (AvgIpc) is 2.91. The van der Waals surface area contributed by atoms with E-state index in [4.69, 9.17) is 0 Å². The van der Waals surface area contributed by atoms with Crippen LogP contribution in [0.3, 0.4) is 0 Å². The topological polar surface area (TPSA) is 90.2 Å². The maximum absolute atomic E-state index is 13.7. The molecule has 1 aromatic heterocycles. The highest BCUT2D eigenvalue weighted by Crippen LogP contribution is 2.43. The highest BCUT2D eigenvalue weighted by Gasteiger charge is 2.33. The molecule has 1 heterocycles. The number of amides is 1. The third-order valence-electron chi connectivity index (χ3n) is 4.02. The van der Waals surface area contributed by atoms with Gasteiger partial charge in [-0.25, -0.2) is 4.39 Å². The molecule has 1 aromatic carbocycles. The number of halogens is 1. The minimum Gasteiger partial charge on any atom is -0.481 e. The molecule has 1 aliphatic rings. The van der Waals surface area contributed by atoms with Gasteiger partial charge in [0, 0.05) is 10.4 Å². The Kier molecular flexibility index (Phi) is 4.32. The number of rotatable bonds is 3. The van der Waals surface area contributed by atoms with E-state index in [0.717, 1.165) is 11.3 Å². The molecule has 3 rings (SSSR count). The van der Waals surface area contributed by atoms with Crippen LogP contribution >= 0.6 is 11.3 Å². The van der Waals surface area contributed by atoms with E-state index in [9.17, 15) is 24.3 Å². The molecule has 0 fully saturated rings. The number of hydrogen-bond acceptors (Lipinski definition) is 4. The molecule has 0 radical (unpaired) electrons. The molecule has 0 saturated heterocycles. The summed E-state index contributed by atoms with van der Waals surface area (Å²) in [5.41, 5.74) is 0.541. The van der Waals surface area contributed by atoms with Gasteiger partial charge in [0.1, 0.15) is 16.9 Å². The SMILES string of the molecule is N#Cc1c(NC(=O)c2ccccc2F)sc2c1C(C(=O)O)CCC2. The van der Waals surface area contributed by atoms with Crippen molar-refractivity contribution in [3.8, 4) is 6.07 Å². The Morgan fingerprint density at radius 3 is 2.79 bits per heavy atom. The van der Waals surface area contributed by atoms with Crippen molar-refractivity contribution < 1.29 is 19.1 Å². The first-order chi connectivity index (χ1) is 11.5. The molecule has 2 N–H and O–H groups in total. The minimum atomic E-state index is -0.975.